The Bertz CT molecular complexity index is 921. The molecule has 0 aromatic rings. The van der Waals surface area contributed by atoms with Crippen molar-refractivity contribution in [3.05, 3.63) is 12.2 Å². The van der Waals surface area contributed by atoms with Crippen molar-refractivity contribution in [3.8, 4) is 0 Å². The second-order valence-electron chi connectivity index (χ2n) is 16.9. The van der Waals surface area contributed by atoms with E-state index in [1.165, 1.54) is 135 Å². The molecule has 0 spiro atoms. The average Bonchev–Trinajstić information content (AvgIpc) is 3.20. The first kappa shape index (κ1) is 52.9. The highest BCUT2D eigenvalue weighted by molar-refractivity contribution is 5.80. The predicted octanol–water partition coefficient (Wildman–Crippen LogP) is 8.55. The van der Waals surface area contributed by atoms with E-state index in [0.29, 0.717) is 6.42 Å². The van der Waals surface area contributed by atoms with Gasteiger partial charge < -0.3 is 45.4 Å². The van der Waals surface area contributed by atoms with Gasteiger partial charge in [0.2, 0.25) is 5.91 Å². The van der Waals surface area contributed by atoms with Crippen LogP contribution in [0.4, 0.5) is 0 Å². The number of allylic oxidation sites excluding steroid dienone is 1. The second-order valence-corrected chi connectivity index (χ2v) is 16.9. The summed E-state index contributed by atoms with van der Waals surface area (Å²) in [5.74, 6) is 0.203. The molecule has 332 valence electrons. The van der Waals surface area contributed by atoms with Crippen LogP contribution in [0.25, 0.3) is 0 Å². The molecule has 1 heterocycles. The van der Waals surface area contributed by atoms with E-state index in [-0.39, 0.29) is 6.61 Å². The van der Waals surface area contributed by atoms with Gasteiger partial charge in [0.1, 0.15) is 30.5 Å². The summed E-state index contributed by atoms with van der Waals surface area (Å²) in [5, 5.41) is 64.6. The summed E-state index contributed by atoms with van der Waals surface area (Å²) in [5.41, 5.74) is 0. The van der Waals surface area contributed by atoms with Gasteiger partial charge in [0.25, 0.3) is 0 Å². The average molecular weight is 800 g/mol. The smallest absolute Gasteiger partial charge is 0.249 e. The van der Waals surface area contributed by atoms with Crippen LogP contribution in [-0.2, 0) is 14.3 Å². The summed E-state index contributed by atoms with van der Waals surface area (Å²) in [6, 6.07) is -0.975. The molecule has 56 heavy (non-hydrogen) atoms. The fourth-order valence-electron chi connectivity index (χ4n) is 7.49. The molecule has 0 saturated carbocycles. The Morgan fingerprint density at radius 1 is 0.661 bits per heavy atom. The lowest BCUT2D eigenvalue weighted by molar-refractivity contribution is -0.302. The summed E-state index contributed by atoms with van der Waals surface area (Å²) >= 11 is 0. The van der Waals surface area contributed by atoms with Gasteiger partial charge in [0.05, 0.1) is 25.4 Å². The zero-order valence-corrected chi connectivity index (χ0v) is 36.2. The largest absolute Gasteiger partial charge is 0.394 e. The van der Waals surface area contributed by atoms with Gasteiger partial charge in [-0.25, -0.2) is 0 Å². The van der Waals surface area contributed by atoms with Crippen molar-refractivity contribution in [2.24, 2.45) is 5.92 Å². The lowest BCUT2D eigenvalue weighted by Crippen LogP contribution is -2.60. The molecule has 1 aliphatic heterocycles. The molecule has 9 atom stereocenters. The third kappa shape index (κ3) is 26.1. The number of carbonyl (C=O) groups is 1. The highest BCUT2D eigenvalue weighted by atomic mass is 16.7. The van der Waals surface area contributed by atoms with Crippen LogP contribution in [0.15, 0.2) is 12.2 Å². The summed E-state index contributed by atoms with van der Waals surface area (Å²) in [4.78, 5) is 13.0. The fourth-order valence-corrected chi connectivity index (χ4v) is 7.49. The highest BCUT2D eigenvalue weighted by Crippen LogP contribution is 2.23. The number of amides is 1. The van der Waals surface area contributed by atoms with Gasteiger partial charge in [-0.15, -0.1) is 0 Å². The third-order valence-corrected chi connectivity index (χ3v) is 11.8. The number of aliphatic hydroxyl groups excluding tert-OH is 6. The maximum absolute atomic E-state index is 13.0. The van der Waals surface area contributed by atoms with Crippen molar-refractivity contribution in [2.45, 2.75) is 256 Å². The Balaban J connectivity index is 2.39. The van der Waals surface area contributed by atoms with Crippen LogP contribution in [0.2, 0.25) is 0 Å². The van der Waals surface area contributed by atoms with Crippen LogP contribution < -0.4 is 5.32 Å². The van der Waals surface area contributed by atoms with Crippen LogP contribution in [0, 0.1) is 5.92 Å². The minimum atomic E-state index is -1.61. The van der Waals surface area contributed by atoms with Crippen LogP contribution in [0.5, 0.6) is 0 Å². The van der Waals surface area contributed by atoms with Gasteiger partial charge >= 0.3 is 0 Å². The molecular weight excluding hydrogens is 711 g/mol. The quantitative estimate of drug-likeness (QED) is 0.0239. The summed E-state index contributed by atoms with van der Waals surface area (Å²) in [6.45, 7) is 5.94. The number of nitrogens with one attached hydrogen (secondary N) is 1. The van der Waals surface area contributed by atoms with Crippen molar-refractivity contribution in [2.75, 3.05) is 13.2 Å². The van der Waals surface area contributed by atoms with Crippen LogP contribution in [0.3, 0.4) is 0 Å². The van der Waals surface area contributed by atoms with Gasteiger partial charge in [0, 0.05) is 0 Å². The SMILES string of the molecule is CCCCCCCCCCCCCCCCCCCC[C@@H](O)C(=O)N[C@@H](CO[C@@H]1O[C@H](CO)[C@@H](O)[C@H](O)[C@H]1O)[C@H](O)/C=C/CCCCCCCCCC(C)CC. The molecule has 1 saturated heterocycles. The molecule has 10 nitrogen and oxygen atoms in total. The Hall–Kier alpha value is -1.11. The molecule has 0 aromatic carbocycles. The summed E-state index contributed by atoms with van der Waals surface area (Å²) in [6.07, 6.45) is 28.7. The van der Waals surface area contributed by atoms with Gasteiger partial charge in [0.15, 0.2) is 6.29 Å². The van der Waals surface area contributed by atoms with Crippen LogP contribution >= 0.6 is 0 Å². The molecule has 1 aliphatic rings. The first-order valence-corrected chi connectivity index (χ1v) is 23.4. The van der Waals surface area contributed by atoms with Crippen molar-refractivity contribution >= 4 is 5.91 Å². The van der Waals surface area contributed by atoms with Gasteiger partial charge in [-0.05, 0) is 25.2 Å². The number of hydrogen-bond donors (Lipinski definition) is 7. The maximum atomic E-state index is 13.0. The van der Waals surface area contributed by atoms with E-state index < -0.39 is 61.5 Å². The predicted molar refractivity (Wildman–Crippen MR) is 227 cm³/mol. The van der Waals surface area contributed by atoms with E-state index in [2.05, 4.69) is 26.1 Å². The topological polar surface area (TPSA) is 169 Å². The van der Waals surface area contributed by atoms with Crippen LogP contribution in [-0.4, -0.2) is 98.7 Å². The van der Waals surface area contributed by atoms with Crippen molar-refractivity contribution in [1.29, 1.82) is 0 Å². The Morgan fingerprint density at radius 2 is 1.12 bits per heavy atom. The number of aliphatic hydroxyl groups is 6. The summed E-state index contributed by atoms with van der Waals surface area (Å²) < 4.78 is 11.1. The Morgan fingerprint density at radius 3 is 1.61 bits per heavy atom. The normalized spacial score (nSPS) is 22.3. The number of rotatable bonds is 38. The van der Waals surface area contributed by atoms with Crippen LogP contribution in [0.1, 0.15) is 207 Å². The molecule has 1 amide bonds. The lowest BCUT2D eigenvalue weighted by Gasteiger charge is -2.40. The zero-order chi connectivity index (χ0) is 41.2. The number of carbonyl (C=O) groups excluding carboxylic acids is 1. The molecule has 7 N–H and O–H groups in total. The molecule has 0 aliphatic carbocycles. The Kier molecular flexibility index (Phi) is 33.8. The maximum Gasteiger partial charge on any atom is 0.249 e. The minimum absolute atomic E-state index is 0.303. The fraction of sp³-hybridized carbons (Fsp3) is 0.935. The summed E-state index contributed by atoms with van der Waals surface area (Å²) in [7, 11) is 0. The number of unbranched alkanes of at least 4 members (excludes halogenated alkanes) is 24. The molecule has 10 heteroatoms. The van der Waals surface area contributed by atoms with Gasteiger partial charge in [-0.2, -0.15) is 0 Å². The zero-order valence-electron chi connectivity index (χ0n) is 36.2. The third-order valence-electron chi connectivity index (χ3n) is 11.8. The number of hydrogen-bond acceptors (Lipinski definition) is 9. The molecule has 1 unspecified atom stereocenters. The minimum Gasteiger partial charge on any atom is -0.394 e. The van der Waals surface area contributed by atoms with Crippen molar-refractivity contribution in [3.63, 3.8) is 0 Å². The van der Waals surface area contributed by atoms with E-state index in [0.717, 1.165) is 50.9 Å². The van der Waals surface area contributed by atoms with Gasteiger partial charge in [-0.3, -0.25) is 4.79 Å². The molecule has 0 aromatic heterocycles. The van der Waals surface area contributed by atoms with E-state index >= 15 is 0 Å². The molecular formula is C46H89NO9. The van der Waals surface area contributed by atoms with E-state index in [1.54, 1.807) is 6.08 Å². The van der Waals surface area contributed by atoms with E-state index in [1.807, 2.05) is 6.08 Å². The second kappa shape index (κ2) is 35.8. The monoisotopic (exact) mass is 800 g/mol. The van der Waals surface area contributed by atoms with Crippen molar-refractivity contribution < 1.29 is 44.9 Å². The van der Waals surface area contributed by atoms with E-state index in [9.17, 15) is 35.4 Å². The Labute approximate surface area is 342 Å². The van der Waals surface area contributed by atoms with E-state index in [4.69, 9.17) is 9.47 Å². The molecule has 0 radical (unpaired) electrons. The lowest BCUT2D eigenvalue weighted by atomic mass is 9.99. The first-order chi connectivity index (χ1) is 27.2. The molecule has 1 rings (SSSR count). The first-order valence-electron chi connectivity index (χ1n) is 23.4. The molecule has 0 bridgehead atoms. The number of ether oxygens (including phenoxy) is 2. The highest BCUT2D eigenvalue weighted by Gasteiger charge is 2.44. The van der Waals surface area contributed by atoms with Crippen molar-refractivity contribution in [1.82, 2.24) is 5.32 Å². The standard InChI is InChI=1S/C46H89NO9/c1-4-6-7-8-9-10-11-12-13-14-15-16-17-18-21-25-28-31-34-40(50)45(54)47-38(36-55-46-44(53)43(52)42(51)41(35-48)56-46)39(49)33-30-27-24-22-19-20-23-26-29-32-37(3)5-2/h30,33,37-44,46,48-53H,4-29,31-32,34-36H2,1-3H3,(H,47,54)/b33-30+/t37?,38-,39+,40+,41+,42+,43-,44+,46+/m0/s1. The molecule has 1 fully saturated rings. The van der Waals surface area contributed by atoms with Gasteiger partial charge in [-0.1, -0.05) is 200 Å².